The van der Waals surface area contributed by atoms with Crippen molar-refractivity contribution in [3.63, 3.8) is 0 Å². The van der Waals surface area contributed by atoms with Crippen molar-refractivity contribution in [1.29, 1.82) is 0 Å². The summed E-state index contributed by atoms with van der Waals surface area (Å²) in [7, 11) is 0. The Morgan fingerprint density at radius 3 is 2.67 bits per heavy atom. The van der Waals surface area contributed by atoms with Gasteiger partial charge in [0.15, 0.2) is 0 Å². The van der Waals surface area contributed by atoms with E-state index < -0.39 is 5.60 Å². The molecule has 0 aliphatic carbocycles. The summed E-state index contributed by atoms with van der Waals surface area (Å²) in [5, 5.41) is 2.96. The van der Waals surface area contributed by atoms with E-state index in [1.54, 1.807) is 0 Å². The molecule has 2 saturated heterocycles. The number of likely N-dealkylation sites (tertiary alicyclic amines) is 1. The first kappa shape index (κ1) is 13.6. The second-order valence-electron chi connectivity index (χ2n) is 6.17. The molecule has 0 unspecified atom stereocenters. The molecule has 2 heterocycles. The van der Waals surface area contributed by atoms with Crippen molar-refractivity contribution in [3.05, 3.63) is 0 Å². The first-order chi connectivity index (χ1) is 8.44. The lowest BCUT2D eigenvalue weighted by Crippen LogP contribution is -2.56. The van der Waals surface area contributed by atoms with Gasteiger partial charge < -0.3 is 14.8 Å². The van der Waals surface area contributed by atoms with E-state index in [-0.39, 0.29) is 12.1 Å². The summed E-state index contributed by atoms with van der Waals surface area (Å²) in [5.41, 5.74) is -0.430. The molecule has 5 heteroatoms. The first-order valence-corrected chi connectivity index (χ1v) is 6.75. The third-order valence-corrected chi connectivity index (χ3v) is 3.31. The van der Waals surface area contributed by atoms with Crippen molar-refractivity contribution in [2.45, 2.75) is 51.3 Å². The molecule has 1 N–H and O–H groups in total. The Balaban J connectivity index is 1.76. The predicted octanol–water partition coefficient (Wildman–Crippen LogP) is 1.37. The number of piperidine rings is 1. The number of rotatable bonds is 2. The molecule has 18 heavy (non-hydrogen) atoms. The van der Waals surface area contributed by atoms with E-state index >= 15 is 0 Å². The van der Waals surface area contributed by atoms with Crippen molar-refractivity contribution in [1.82, 2.24) is 10.2 Å². The SMILES string of the molecule is CC(C)(C)OC(=O)N[C@H]1CCCN(C2COC2)C1. The number of alkyl carbamates (subject to hydrolysis) is 1. The molecule has 2 aliphatic rings. The monoisotopic (exact) mass is 256 g/mol. The lowest BCUT2D eigenvalue weighted by Gasteiger charge is -2.42. The Labute approximate surface area is 109 Å². The maximum atomic E-state index is 11.7. The molecule has 0 saturated carbocycles. The quantitative estimate of drug-likeness (QED) is 0.811. The highest BCUT2D eigenvalue weighted by Crippen LogP contribution is 2.18. The summed E-state index contributed by atoms with van der Waals surface area (Å²) in [6, 6.07) is 0.752. The summed E-state index contributed by atoms with van der Waals surface area (Å²) < 4.78 is 10.5. The molecule has 0 aromatic carbocycles. The van der Waals surface area contributed by atoms with Crippen LogP contribution >= 0.6 is 0 Å². The van der Waals surface area contributed by atoms with Crippen LogP contribution in [0.4, 0.5) is 4.79 Å². The Kier molecular flexibility index (Phi) is 4.12. The summed E-state index contributed by atoms with van der Waals surface area (Å²) in [5.74, 6) is 0. The van der Waals surface area contributed by atoms with Crippen LogP contribution in [0.25, 0.3) is 0 Å². The zero-order chi connectivity index (χ0) is 13.2. The molecule has 104 valence electrons. The highest BCUT2D eigenvalue weighted by molar-refractivity contribution is 5.68. The Bertz CT molecular complexity index is 297. The van der Waals surface area contributed by atoms with Crippen LogP contribution < -0.4 is 5.32 Å². The fraction of sp³-hybridized carbons (Fsp3) is 0.923. The summed E-state index contributed by atoms with van der Waals surface area (Å²) in [6.45, 7) is 9.33. The second-order valence-corrected chi connectivity index (χ2v) is 6.17. The fourth-order valence-corrected chi connectivity index (χ4v) is 2.36. The van der Waals surface area contributed by atoms with Crippen LogP contribution in [0.3, 0.4) is 0 Å². The Morgan fingerprint density at radius 2 is 2.11 bits per heavy atom. The maximum absolute atomic E-state index is 11.7. The van der Waals surface area contributed by atoms with Gasteiger partial charge in [0.25, 0.3) is 0 Å². The lowest BCUT2D eigenvalue weighted by atomic mass is 10.0. The molecule has 0 bridgehead atoms. The molecular weight excluding hydrogens is 232 g/mol. The van der Waals surface area contributed by atoms with Gasteiger partial charge in [-0.05, 0) is 40.2 Å². The molecule has 2 rings (SSSR count). The van der Waals surface area contributed by atoms with Crippen LogP contribution in [0.15, 0.2) is 0 Å². The molecular formula is C13H24N2O3. The highest BCUT2D eigenvalue weighted by atomic mass is 16.6. The minimum atomic E-state index is -0.430. The van der Waals surface area contributed by atoms with Gasteiger partial charge in [0.2, 0.25) is 0 Å². The standard InChI is InChI=1S/C13H24N2O3/c1-13(2,3)18-12(16)14-10-5-4-6-15(7-10)11-8-17-9-11/h10-11H,4-9H2,1-3H3,(H,14,16)/t10-/m0/s1. The van der Waals surface area contributed by atoms with Crippen molar-refractivity contribution < 1.29 is 14.3 Å². The van der Waals surface area contributed by atoms with Gasteiger partial charge in [0, 0.05) is 12.6 Å². The topological polar surface area (TPSA) is 50.8 Å². The van der Waals surface area contributed by atoms with Crippen LogP contribution in [0, 0.1) is 0 Å². The largest absolute Gasteiger partial charge is 0.444 e. The van der Waals surface area contributed by atoms with Crippen LogP contribution in [0.5, 0.6) is 0 Å². The third kappa shape index (κ3) is 3.85. The number of hydrogen-bond acceptors (Lipinski definition) is 4. The van der Waals surface area contributed by atoms with Gasteiger partial charge >= 0.3 is 6.09 Å². The molecule has 0 aromatic heterocycles. The molecule has 5 nitrogen and oxygen atoms in total. The van der Waals surface area contributed by atoms with E-state index in [2.05, 4.69) is 10.2 Å². The molecule has 2 fully saturated rings. The molecule has 1 atom stereocenters. The summed E-state index contributed by atoms with van der Waals surface area (Å²) in [4.78, 5) is 14.1. The van der Waals surface area contributed by atoms with Gasteiger partial charge in [0.05, 0.1) is 19.3 Å². The molecule has 2 aliphatic heterocycles. The average Bonchev–Trinajstić information content (AvgIpc) is 2.11. The Hall–Kier alpha value is -0.810. The van der Waals surface area contributed by atoms with E-state index in [1.165, 1.54) is 0 Å². The van der Waals surface area contributed by atoms with Crippen LogP contribution in [-0.4, -0.2) is 55.0 Å². The zero-order valence-corrected chi connectivity index (χ0v) is 11.6. The van der Waals surface area contributed by atoms with E-state index in [9.17, 15) is 4.79 Å². The van der Waals surface area contributed by atoms with Gasteiger partial charge in [-0.2, -0.15) is 0 Å². The highest BCUT2D eigenvalue weighted by Gasteiger charge is 2.31. The fourth-order valence-electron chi connectivity index (χ4n) is 2.36. The van der Waals surface area contributed by atoms with Crippen LogP contribution in [-0.2, 0) is 9.47 Å². The molecule has 0 radical (unpaired) electrons. The van der Waals surface area contributed by atoms with Gasteiger partial charge in [-0.1, -0.05) is 0 Å². The zero-order valence-electron chi connectivity index (χ0n) is 11.6. The van der Waals surface area contributed by atoms with Gasteiger partial charge in [-0.3, -0.25) is 4.90 Å². The Morgan fingerprint density at radius 1 is 1.39 bits per heavy atom. The summed E-state index contributed by atoms with van der Waals surface area (Å²) >= 11 is 0. The smallest absolute Gasteiger partial charge is 0.407 e. The minimum absolute atomic E-state index is 0.203. The predicted molar refractivity (Wildman–Crippen MR) is 68.6 cm³/mol. The van der Waals surface area contributed by atoms with E-state index in [4.69, 9.17) is 9.47 Å². The second kappa shape index (κ2) is 5.45. The minimum Gasteiger partial charge on any atom is -0.444 e. The van der Waals surface area contributed by atoms with Crippen molar-refractivity contribution in [2.24, 2.45) is 0 Å². The third-order valence-electron chi connectivity index (χ3n) is 3.31. The molecule has 0 spiro atoms. The number of nitrogens with zero attached hydrogens (tertiary/aromatic N) is 1. The van der Waals surface area contributed by atoms with Gasteiger partial charge in [-0.25, -0.2) is 4.79 Å². The summed E-state index contributed by atoms with van der Waals surface area (Å²) in [6.07, 6.45) is 1.85. The number of carbonyl (C=O) groups excluding carboxylic acids is 1. The lowest BCUT2D eigenvalue weighted by molar-refractivity contribution is -0.0733. The van der Waals surface area contributed by atoms with E-state index in [0.717, 1.165) is 39.1 Å². The van der Waals surface area contributed by atoms with Crippen molar-refractivity contribution in [3.8, 4) is 0 Å². The van der Waals surface area contributed by atoms with E-state index in [0.29, 0.717) is 6.04 Å². The van der Waals surface area contributed by atoms with Crippen molar-refractivity contribution in [2.75, 3.05) is 26.3 Å². The van der Waals surface area contributed by atoms with E-state index in [1.807, 2.05) is 20.8 Å². The maximum Gasteiger partial charge on any atom is 0.407 e. The number of hydrogen-bond donors (Lipinski definition) is 1. The number of ether oxygens (including phenoxy) is 2. The van der Waals surface area contributed by atoms with Gasteiger partial charge in [0.1, 0.15) is 5.60 Å². The van der Waals surface area contributed by atoms with Gasteiger partial charge in [-0.15, -0.1) is 0 Å². The number of nitrogens with one attached hydrogen (secondary N) is 1. The van der Waals surface area contributed by atoms with Crippen LogP contribution in [0.1, 0.15) is 33.6 Å². The number of carbonyl (C=O) groups is 1. The number of amides is 1. The molecule has 1 amide bonds. The first-order valence-electron chi connectivity index (χ1n) is 6.75. The van der Waals surface area contributed by atoms with Crippen LogP contribution in [0.2, 0.25) is 0 Å². The molecule has 0 aromatic rings. The average molecular weight is 256 g/mol. The van der Waals surface area contributed by atoms with Crippen molar-refractivity contribution >= 4 is 6.09 Å². The normalized spacial score (nSPS) is 26.5.